The van der Waals surface area contributed by atoms with Crippen molar-refractivity contribution in [2.45, 2.75) is 20.0 Å². The molecule has 1 rings (SSSR count). The highest BCUT2D eigenvalue weighted by molar-refractivity contribution is 5.94. The predicted molar refractivity (Wildman–Crippen MR) is 60.3 cm³/mol. The number of hydrogen-bond donors (Lipinski definition) is 0. The molecule has 5 heteroatoms. The minimum Gasteiger partial charge on any atom is -0.295 e. The Morgan fingerprint density at radius 1 is 1.22 bits per heavy atom. The second-order valence-electron chi connectivity index (χ2n) is 4.16. The molecule has 98 valence electrons. The maximum absolute atomic E-state index is 13.0. The van der Waals surface area contributed by atoms with Gasteiger partial charge in [0.15, 0.2) is 5.78 Å². The molecule has 0 saturated heterocycles. The van der Waals surface area contributed by atoms with Gasteiger partial charge in [-0.15, -0.1) is 0 Å². The topological polar surface area (TPSA) is 17.1 Å². The van der Waals surface area contributed by atoms with Crippen LogP contribution in [-0.2, 0) is 11.0 Å². The fourth-order valence-electron chi connectivity index (χ4n) is 1.24. The summed E-state index contributed by atoms with van der Waals surface area (Å²) in [7, 11) is 0. The molecule has 0 radical (unpaired) electrons. The standard InChI is InChI=1S/C13H12F4O/c1-8(2)12(18)4-3-9-5-10(13(15,16)17)7-11(14)6-9/h3-8H,1-2H3/b4-3+. The fourth-order valence-corrected chi connectivity index (χ4v) is 1.24. The average molecular weight is 260 g/mol. The molecule has 0 aliphatic heterocycles. The largest absolute Gasteiger partial charge is 0.416 e. The quantitative estimate of drug-likeness (QED) is 0.591. The van der Waals surface area contributed by atoms with E-state index in [0.717, 1.165) is 18.2 Å². The summed E-state index contributed by atoms with van der Waals surface area (Å²) in [6.45, 7) is 3.33. The summed E-state index contributed by atoms with van der Waals surface area (Å²) >= 11 is 0. The molecule has 0 spiro atoms. The lowest BCUT2D eigenvalue weighted by Gasteiger charge is -2.07. The van der Waals surface area contributed by atoms with Crippen molar-refractivity contribution in [1.82, 2.24) is 0 Å². The molecule has 0 bridgehead atoms. The first-order valence-electron chi connectivity index (χ1n) is 5.30. The van der Waals surface area contributed by atoms with Crippen molar-refractivity contribution >= 4 is 11.9 Å². The van der Waals surface area contributed by atoms with Crippen molar-refractivity contribution < 1.29 is 22.4 Å². The van der Waals surface area contributed by atoms with Crippen LogP contribution in [0.15, 0.2) is 24.3 Å². The van der Waals surface area contributed by atoms with E-state index in [-0.39, 0.29) is 17.3 Å². The van der Waals surface area contributed by atoms with E-state index in [1.807, 2.05) is 0 Å². The van der Waals surface area contributed by atoms with Gasteiger partial charge in [-0.2, -0.15) is 13.2 Å². The van der Waals surface area contributed by atoms with Crippen LogP contribution in [0, 0.1) is 11.7 Å². The van der Waals surface area contributed by atoms with Crippen molar-refractivity contribution in [2.75, 3.05) is 0 Å². The average Bonchev–Trinajstić information content (AvgIpc) is 2.23. The zero-order chi connectivity index (χ0) is 13.9. The van der Waals surface area contributed by atoms with Gasteiger partial charge in [0.2, 0.25) is 0 Å². The molecular formula is C13H12F4O. The Kier molecular flexibility index (Phi) is 4.27. The van der Waals surface area contributed by atoms with Crippen molar-refractivity contribution in [1.29, 1.82) is 0 Å². The molecule has 0 atom stereocenters. The van der Waals surface area contributed by atoms with E-state index in [4.69, 9.17) is 0 Å². The van der Waals surface area contributed by atoms with Gasteiger partial charge in [-0.1, -0.05) is 19.9 Å². The molecule has 0 amide bonds. The molecule has 0 unspecified atom stereocenters. The molecule has 0 aromatic heterocycles. The SMILES string of the molecule is CC(C)C(=O)/C=C/c1cc(F)cc(C(F)(F)F)c1. The van der Waals surface area contributed by atoms with Gasteiger partial charge >= 0.3 is 6.18 Å². The maximum Gasteiger partial charge on any atom is 0.416 e. The Balaban J connectivity index is 3.04. The summed E-state index contributed by atoms with van der Waals surface area (Å²) < 4.78 is 50.3. The third-order valence-electron chi connectivity index (χ3n) is 2.26. The Labute approximate surface area is 102 Å². The van der Waals surface area contributed by atoms with Gasteiger partial charge < -0.3 is 0 Å². The minimum atomic E-state index is -4.60. The van der Waals surface area contributed by atoms with E-state index < -0.39 is 17.6 Å². The van der Waals surface area contributed by atoms with Crippen LogP contribution in [0.25, 0.3) is 6.08 Å². The number of ketones is 1. The Morgan fingerprint density at radius 3 is 2.33 bits per heavy atom. The van der Waals surface area contributed by atoms with Crippen LogP contribution < -0.4 is 0 Å². The predicted octanol–water partition coefficient (Wildman–Crippen LogP) is 4.08. The van der Waals surface area contributed by atoms with Crippen LogP contribution in [0.4, 0.5) is 17.6 Å². The van der Waals surface area contributed by atoms with Gasteiger partial charge in [-0.3, -0.25) is 4.79 Å². The fraction of sp³-hybridized carbons (Fsp3) is 0.308. The van der Waals surface area contributed by atoms with Crippen molar-refractivity contribution in [3.05, 3.63) is 41.2 Å². The van der Waals surface area contributed by atoms with Crippen LogP contribution in [0.3, 0.4) is 0 Å². The monoisotopic (exact) mass is 260 g/mol. The highest BCUT2D eigenvalue weighted by Gasteiger charge is 2.31. The first-order chi connectivity index (χ1) is 8.20. The molecule has 0 aliphatic carbocycles. The van der Waals surface area contributed by atoms with Gasteiger partial charge in [-0.05, 0) is 29.8 Å². The third-order valence-corrected chi connectivity index (χ3v) is 2.26. The molecular weight excluding hydrogens is 248 g/mol. The first kappa shape index (κ1) is 14.4. The summed E-state index contributed by atoms with van der Waals surface area (Å²) in [5, 5.41) is 0. The second-order valence-corrected chi connectivity index (χ2v) is 4.16. The number of hydrogen-bond acceptors (Lipinski definition) is 1. The smallest absolute Gasteiger partial charge is 0.295 e. The highest BCUT2D eigenvalue weighted by Crippen LogP contribution is 2.30. The van der Waals surface area contributed by atoms with Crippen LogP contribution >= 0.6 is 0 Å². The number of benzene rings is 1. The molecule has 0 heterocycles. The van der Waals surface area contributed by atoms with Crippen LogP contribution in [0.5, 0.6) is 0 Å². The van der Waals surface area contributed by atoms with Crippen molar-refractivity contribution in [3.8, 4) is 0 Å². The molecule has 0 saturated carbocycles. The van der Waals surface area contributed by atoms with E-state index in [0.29, 0.717) is 6.07 Å². The lowest BCUT2D eigenvalue weighted by molar-refractivity contribution is -0.137. The molecule has 1 aromatic carbocycles. The second kappa shape index (κ2) is 5.33. The van der Waals surface area contributed by atoms with E-state index in [1.165, 1.54) is 6.08 Å². The Bertz CT molecular complexity index is 472. The van der Waals surface area contributed by atoms with E-state index >= 15 is 0 Å². The molecule has 0 fully saturated rings. The van der Waals surface area contributed by atoms with E-state index in [1.54, 1.807) is 13.8 Å². The number of carbonyl (C=O) groups excluding carboxylic acids is 1. The Hall–Kier alpha value is -1.65. The van der Waals surface area contributed by atoms with Gasteiger partial charge in [0.05, 0.1) is 5.56 Å². The van der Waals surface area contributed by atoms with Gasteiger partial charge in [0.1, 0.15) is 5.82 Å². The number of carbonyl (C=O) groups is 1. The molecule has 0 aliphatic rings. The molecule has 0 N–H and O–H groups in total. The summed E-state index contributed by atoms with van der Waals surface area (Å²) in [5.41, 5.74) is -1.06. The van der Waals surface area contributed by atoms with Crippen LogP contribution in [-0.4, -0.2) is 5.78 Å². The van der Waals surface area contributed by atoms with Crippen LogP contribution in [0.1, 0.15) is 25.0 Å². The number of alkyl halides is 3. The number of halogens is 4. The lowest BCUT2D eigenvalue weighted by atomic mass is 10.1. The highest BCUT2D eigenvalue weighted by atomic mass is 19.4. The number of allylic oxidation sites excluding steroid dienone is 1. The summed E-state index contributed by atoms with van der Waals surface area (Å²) in [4.78, 5) is 11.3. The maximum atomic E-state index is 13.0. The van der Waals surface area contributed by atoms with E-state index in [9.17, 15) is 22.4 Å². The van der Waals surface area contributed by atoms with Crippen LogP contribution in [0.2, 0.25) is 0 Å². The Morgan fingerprint density at radius 2 is 1.83 bits per heavy atom. The zero-order valence-electron chi connectivity index (χ0n) is 9.88. The summed E-state index contributed by atoms with van der Waals surface area (Å²) in [5.74, 6) is -1.47. The molecule has 1 nitrogen and oxygen atoms in total. The number of rotatable bonds is 3. The molecule has 1 aromatic rings. The van der Waals surface area contributed by atoms with Crippen molar-refractivity contribution in [3.63, 3.8) is 0 Å². The van der Waals surface area contributed by atoms with Crippen molar-refractivity contribution in [2.24, 2.45) is 5.92 Å². The summed E-state index contributed by atoms with van der Waals surface area (Å²) in [6, 6.07) is 2.16. The van der Waals surface area contributed by atoms with Gasteiger partial charge in [0, 0.05) is 5.92 Å². The summed E-state index contributed by atoms with van der Waals surface area (Å²) in [6.07, 6.45) is -2.27. The lowest BCUT2D eigenvalue weighted by Crippen LogP contribution is -2.06. The first-order valence-corrected chi connectivity index (χ1v) is 5.30. The van der Waals surface area contributed by atoms with Gasteiger partial charge in [0.25, 0.3) is 0 Å². The van der Waals surface area contributed by atoms with E-state index in [2.05, 4.69) is 0 Å². The minimum absolute atomic E-state index is 0.0105. The normalized spacial score (nSPS) is 12.4. The molecule has 18 heavy (non-hydrogen) atoms. The third kappa shape index (κ3) is 3.98. The van der Waals surface area contributed by atoms with Gasteiger partial charge in [-0.25, -0.2) is 4.39 Å². The zero-order valence-corrected chi connectivity index (χ0v) is 9.88.